The SMILES string of the molecule is CC(=O)NCC(=O)N[C@@H](CC(C)C)C(=O)N[C@@H](CCN)C(=O)N[C@@H](CCN)C(=O)N[C@H](C(=O)NCC[C@H](N)C(=O)NN)[C@@H](C)O. The molecule has 0 unspecified atom stereocenters. The number of carbonyl (C=O) groups is 7. The topological polar surface area (TPSA) is 328 Å². The minimum atomic E-state index is -1.44. The highest BCUT2D eigenvalue weighted by atomic mass is 16.3. The van der Waals surface area contributed by atoms with E-state index in [0.717, 1.165) is 0 Å². The van der Waals surface area contributed by atoms with Gasteiger partial charge in [-0.05, 0) is 51.6 Å². The van der Waals surface area contributed by atoms with Crippen LogP contribution in [0.4, 0.5) is 0 Å². The molecule has 0 aliphatic carbocycles. The molecule has 0 bridgehead atoms. The Kier molecular flexibility index (Phi) is 19.8. The fraction of sp³-hybridized carbons (Fsp3) is 0.731. The van der Waals surface area contributed by atoms with E-state index in [4.69, 9.17) is 23.0 Å². The van der Waals surface area contributed by atoms with Crippen molar-refractivity contribution in [2.45, 2.75) is 89.7 Å². The first kappa shape index (κ1) is 41.1. The number of carbonyl (C=O) groups excluding carboxylic acids is 7. The van der Waals surface area contributed by atoms with Crippen molar-refractivity contribution in [2.75, 3.05) is 26.2 Å². The van der Waals surface area contributed by atoms with Crippen LogP contribution in [0.3, 0.4) is 0 Å². The molecule has 0 radical (unpaired) electrons. The first-order valence-electron chi connectivity index (χ1n) is 14.6. The van der Waals surface area contributed by atoms with Gasteiger partial charge in [0.25, 0.3) is 5.91 Å². The number of nitrogens with two attached hydrogens (primary N) is 4. The monoisotopic (exact) mass is 645 g/mol. The highest BCUT2D eigenvalue weighted by Gasteiger charge is 2.32. The van der Waals surface area contributed by atoms with Gasteiger partial charge in [0.1, 0.15) is 24.2 Å². The summed E-state index contributed by atoms with van der Waals surface area (Å²) in [5, 5.41) is 24.9. The molecule has 16 N–H and O–H groups in total. The maximum atomic E-state index is 13.2. The van der Waals surface area contributed by atoms with Crippen molar-refractivity contribution in [1.29, 1.82) is 0 Å². The molecule has 0 saturated carbocycles. The van der Waals surface area contributed by atoms with E-state index in [1.807, 2.05) is 19.3 Å². The van der Waals surface area contributed by atoms with Gasteiger partial charge >= 0.3 is 0 Å². The molecular weight excluding hydrogens is 594 g/mol. The van der Waals surface area contributed by atoms with Gasteiger partial charge in [0.05, 0.1) is 18.7 Å². The van der Waals surface area contributed by atoms with Crippen molar-refractivity contribution in [3.05, 3.63) is 0 Å². The highest BCUT2D eigenvalue weighted by Crippen LogP contribution is 2.07. The first-order chi connectivity index (χ1) is 21.1. The second-order valence-corrected chi connectivity index (χ2v) is 10.9. The molecule has 258 valence electrons. The first-order valence-corrected chi connectivity index (χ1v) is 14.6. The van der Waals surface area contributed by atoms with E-state index in [0.29, 0.717) is 0 Å². The van der Waals surface area contributed by atoms with Gasteiger partial charge in [-0.15, -0.1) is 0 Å². The van der Waals surface area contributed by atoms with Crippen molar-refractivity contribution in [2.24, 2.45) is 29.0 Å². The zero-order valence-electron chi connectivity index (χ0n) is 26.3. The third kappa shape index (κ3) is 16.7. The largest absolute Gasteiger partial charge is 0.391 e. The Morgan fingerprint density at radius 1 is 0.689 bits per heavy atom. The number of rotatable bonds is 21. The van der Waals surface area contributed by atoms with E-state index in [9.17, 15) is 38.7 Å². The summed E-state index contributed by atoms with van der Waals surface area (Å²) in [4.78, 5) is 87.0. The van der Waals surface area contributed by atoms with Gasteiger partial charge in [-0.25, -0.2) is 5.84 Å². The van der Waals surface area contributed by atoms with Gasteiger partial charge in [-0.1, -0.05) is 13.8 Å². The molecule has 0 heterocycles. The Morgan fingerprint density at radius 3 is 1.64 bits per heavy atom. The third-order valence-corrected chi connectivity index (χ3v) is 6.33. The van der Waals surface area contributed by atoms with Gasteiger partial charge in [-0.2, -0.15) is 0 Å². The second kappa shape index (κ2) is 21.7. The van der Waals surface area contributed by atoms with E-state index in [-0.39, 0.29) is 57.8 Å². The predicted molar refractivity (Wildman–Crippen MR) is 163 cm³/mol. The molecule has 7 amide bonds. The van der Waals surface area contributed by atoms with Gasteiger partial charge in [0, 0.05) is 13.5 Å². The molecular formula is C26H51N11O8. The normalized spacial score (nSPS) is 14.9. The van der Waals surface area contributed by atoms with Crippen LogP contribution in [0.15, 0.2) is 0 Å². The summed E-state index contributed by atoms with van der Waals surface area (Å²) in [7, 11) is 0. The molecule has 45 heavy (non-hydrogen) atoms. The Hall–Kier alpha value is -3.91. The lowest BCUT2D eigenvalue weighted by Gasteiger charge is -2.27. The second-order valence-electron chi connectivity index (χ2n) is 10.9. The summed E-state index contributed by atoms with van der Waals surface area (Å²) in [5.41, 5.74) is 18.8. The molecule has 0 aromatic carbocycles. The maximum Gasteiger partial charge on any atom is 0.250 e. The Morgan fingerprint density at radius 2 is 1.20 bits per heavy atom. The molecule has 0 saturated heterocycles. The molecule has 0 spiro atoms. The van der Waals surface area contributed by atoms with Gasteiger partial charge in [0.15, 0.2) is 0 Å². The Labute approximate surface area is 262 Å². The molecule has 19 heteroatoms. The number of hydrogen-bond donors (Lipinski definition) is 12. The number of aliphatic hydroxyl groups is 1. The minimum absolute atomic E-state index is 0.0171. The molecule has 0 aromatic rings. The smallest absolute Gasteiger partial charge is 0.250 e. The average molecular weight is 646 g/mol. The molecule has 6 atom stereocenters. The Balaban J connectivity index is 5.58. The van der Waals surface area contributed by atoms with Crippen molar-refractivity contribution in [1.82, 2.24) is 37.3 Å². The highest BCUT2D eigenvalue weighted by molar-refractivity contribution is 5.96. The zero-order valence-corrected chi connectivity index (χ0v) is 26.3. The quantitative estimate of drug-likeness (QED) is 0.0315. The van der Waals surface area contributed by atoms with E-state index in [2.05, 4.69) is 31.9 Å². The van der Waals surface area contributed by atoms with Crippen LogP contribution in [-0.4, -0.2) is 109 Å². The summed E-state index contributed by atoms with van der Waals surface area (Å²) in [6.45, 7) is 5.69. The van der Waals surface area contributed by atoms with Crippen LogP contribution in [0, 0.1) is 5.92 Å². The number of nitrogens with one attached hydrogen (secondary N) is 7. The predicted octanol–water partition coefficient (Wildman–Crippen LogP) is -5.99. The minimum Gasteiger partial charge on any atom is -0.391 e. The number of aliphatic hydroxyl groups excluding tert-OH is 1. The maximum absolute atomic E-state index is 13.2. The standard InChI is InChI=1S/C26H51N11O8/c1-13(2)11-19(33-20(40)12-32-15(4)39)25(44)35-17(5-8-27)23(42)34-18(6-9-28)24(43)36-21(14(3)38)26(45)31-10-7-16(29)22(41)37-30/h13-14,16-19,21,38H,5-12,27-30H2,1-4H3,(H,31,45)(H,32,39)(H,33,40)(H,34,42)(H,35,44)(H,36,43)(H,37,41)/t14-,16+,17+,18+,19+,21+/m1/s1. The lowest BCUT2D eigenvalue weighted by atomic mass is 10.0. The van der Waals surface area contributed by atoms with Gasteiger partial charge in [-0.3, -0.25) is 39.0 Å². The number of hydrogen-bond acceptors (Lipinski definition) is 12. The van der Waals surface area contributed by atoms with Crippen molar-refractivity contribution in [3.63, 3.8) is 0 Å². The van der Waals surface area contributed by atoms with Gasteiger partial charge in [0.2, 0.25) is 35.4 Å². The fourth-order valence-corrected chi connectivity index (χ4v) is 3.93. The lowest BCUT2D eigenvalue weighted by molar-refractivity contribution is -0.135. The lowest BCUT2D eigenvalue weighted by Crippen LogP contribution is -2.60. The van der Waals surface area contributed by atoms with Crippen molar-refractivity contribution >= 4 is 41.4 Å². The van der Waals surface area contributed by atoms with E-state index >= 15 is 0 Å². The summed E-state index contributed by atoms with van der Waals surface area (Å²) in [6, 6.07) is -5.94. The Bertz CT molecular complexity index is 1010. The van der Waals surface area contributed by atoms with Crippen molar-refractivity contribution < 1.29 is 38.7 Å². The van der Waals surface area contributed by atoms with Gasteiger partial charge < -0.3 is 54.2 Å². The van der Waals surface area contributed by atoms with Crippen LogP contribution >= 0.6 is 0 Å². The van der Waals surface area contributed by atoms with Crippen LogP contribution in [0.2, 0.25) is 0 Å². The summed E-state index contributed by atoms with van der Waals surface area (Å²) in [5.74, 6) is 0.251. The van der Waals surface area contributed by atoms with E-state index in [1.165, 1.54) is 13.8 Å². The zero-order chi connectivity index (χ0) is 34.7. The summed E-state index contributed by atoms with van der Waals surface area (Å²) < 4.78 is 0. The molecule has 0 aromatic heterocycles. The molecule has 19 nitrogen and oxygen atoms in total. The van der Waals surface area contributed by atoms with E-state index < -0.39 is 77.7 Å². The summed E-state index contributed by atoms with van der Waals surface area (Å²) >= 11 is 0. The molecule has 0 fully saturated rings. The van der Waals surface area contributed by atoms with E-state index in [1.54, 1.807) is 0 Å². The molecule has 0 rings (SSSR count). The fourth-order valence-electron chi connectivity index (χ4n) is 3.93. The molecule has 0 aliphatic rings. The number of hydrazine groups is 1. The third-order valence-electron chi connectivity index (χ3n) is 6.33. The average Bonchev–Trinajstić information content (AvgIpc) is 2.96. The van der Waals surface area contributed by atoms with Crippen LogP contribution in [0.1, 0.15) is 53.4 Å². The van der Waals surface area contributed by atoms with Crippen molar-refractivity contribution in [3.8, 4) is 0 Å². The van der Waals surface area contributed by atoms with Crippen LogP contribution < -0.4 is 60.4 Å². The number of amides is 7. The summed E-state index contributed by atoms with van der Waals surface area (Å²) in [6.07, 6.45) is -1.19. The van der Waals surface area contributed by atoms with Crippen LogP contribution in [0.5, 0.6) is 0 Å². The molecule has 0 aliphatic heterocycles. The van der Waals surface area contributed by atoms with Crippen LogP contribution in [0.25, 0.3) is 0 Å². The van der Waals surface area contributed by atoms with Crippen LogP contribution in [-0.2, 0) is 33.6 Å².